The van der Waals surface area contributed by atoms with Gasteiger partial charge in [-0.1, -0.05) is 0 Å². The van der Waals surface area contributed by atoms with Gasteiger partial charge in [0.05, 0.1) is 28.6 Å². The number of aromatic nitrogens is 2. The van der Waals surface area contributed by atoms with Crippen LogP contribution < -0.4 is 21.9 Å². The molecule has 0 bridgehead atoms. The van der Waals surface area contributed by atoms with Gasteiger partial charge in [0, 0.05) is 7.05 Å². The first-order valence-corrected chi connectivity index (χ1v) is 5.78. The molecule has 1 unspecified atom stereocenters. The number of carbonyl (C=O) groups is 1. The molecule has 0 fully saturated rings. The largest absolute Gasteiger partial charge is 0.397 e. The number of likely N-dealkylation sites (N-methyl/N-ethyl adjacent to an activating group) is 1. The molecule has 7 nitrogen and oxygen atoms in total. The lowest BCUT2D eigenvalue weighted by atomic mass is 10.1. The molecule has 1 atom stereocenters. The molecule has 2 rings (SSSR count). The number of rotatable bonds is 3. The van der Waals surface area contributed by atoms with E-state index in [4.69, 9.17) is 5.73 Å². The van der Waals surface area contributed by atoms with E-state index < -0.39 is 6.04 Å². The minimum Gasteiger partial charge on any atom is -0.397 e. The van der Waals surface area contributed by atoms with Gasteiger partial charge in [-0.2, -0.15) is 0 Å². The third-order valence-corrected chi connectivity index (χ3v) is 2.82. The number of fused-ring (bicyclic) bond motifs is 1. The average Bonchev–Trinajstić information content (AvgIpc) is 2.40. The van der Waals surface area contributed by atoms with Crippen molar-refractivity contribution in [2.45, 2.75) is 13.0 Å². The molecule has 1 amide bonds. The molecule has 5 N–H and O–H groups in total. The number of benzene rings is 1. The Labute approximate surface area is 109 Å². The fourth-order valence-electron chi connectivity index (χ4n) is 1.77. The second-order valence-electron chi connectivity index (χ2n) is 4.17. The number of nitrogens with zero attached hydrogens (tertiary/aromatic N) is 1. The first-order valence-electron chi connectivity index (χ1n) is 5.78. The summed E-state index contributed by atoms with van der Waals surface area (Å²) < 4.78 is 0. The Hall–Kier alpha value is -2.57. The van der Waals surface area contributed by atoms with Crippen LogP contribution >= 0.6 is 0 Å². The molecule has 0 radical (unpaired) electrons. The van der Waals surface area contributed by atoms with Crippen LogP contribution in [0, 0.1) is 0 Å². The lowest BCUT2D eigenvalue weighted by Crippen LogP contribution is -2.35. The van der Waals surface area contributed by atoms with E-state index in [0.717, 1.165) is 0 Å². The number of anilines is 2. The molecule has 2 aromatic rings. The molecule has 0 saturated carbocycles. The van der Waals surface area contributed by atoms with Crippen molar-refractivity contribution in [1.82, 2.24) is 15.3 Å². The highest BCUT2D eigenvalue weighted by Gasteiger charge is 2.13. The van der Waals surface area contributed by atoms with Gasteiger partial charge in [-0.05, 0) is 19.1 Å². The third-order valence-electron chi connectivity index (χ3n) is 2.82. The third kappa shape index (κ3) is 2.49. The average molecular weight is 261 g/mol. The predicted octanol–water partition coefficient (Wildman–Crippen LogP) is 0.0517. The summed E-state index contributed by atoms with van der Waals surface area (Å²) in [4.78, 5) is 29.6. The molecule has 0 aliphatic heterocycles. The normalized spacial score (nSPS) is 12.1. The van der Waals surface area contributed by atoms with Gasteiger partial charge in [-0.25, -0.2) is 4.98 Å². The van der Waals surface area contributed by atoms with Crippen LogP contribution in [0.15, 0.2) is 23.3 Å². The quantitative estimate of drug-likeness (QED) is 0.583. The molecule has 100 valence electrons. The van der Waals surface area contributed by atoms with Crippen molar-refractivity contribution in [3.8, 4) is 0 Å². The van der Waals surface area contributed by atoms with Crippen LogP contribution in [0.4, 0.5) is 11.4 Å². The van der Waals surface area contributed by atoms with E-state index in [9.17, 15) is 9.59 Å². The van der Waals surface area contributed by atoms with Gasteiger partial charge in [0.25, 0.3) is 5.56 Å². The number of nitrogen functional groups attached to an aromatic ring is 1. The van der Waals surface area contributed by atoms with E-state index in [0.29, 0.717) is 22.3 Å². The predicted molar refractivity (Wildman–Crippen MR) is 73.9 cm³/mol. The van der Waals surface area contributed by atoms with Crippen LogP contribution in [-0.2, 0) is 4.79 Å². The Balaban J connectivity index is 2.42. The first-order chi connectivity index (χ1) is 9.02. The van der Waals surface area contributed by atoms with Gasteiger partial charge in [0.1, 0.15) is 6.04 Å². The van der Waals surface area contributed by atoms with Gasteiger partial charge in [-0.3, -0.25) is 9.59 Å². The molecule has 0 spiro atoms. The number of amides is 1. The van der Waals surface area contributed by atoms with Crippen LogP contribution in [0.2, 0.25) is 0 Å². The molecule has 0 aliphatic rings. The topological polar surface area (TPSA) is 113 Å². The van der Waals surface area contributed by atoms with Crippen LogP contribution in [0.3, 0.4) is 0 Å². The molecule has 1 aromatic carbocycles. The number of H-pyrrole nitrogens is 1. The Kier molecular flexibility index (Phi) is 3.37. The van der Waals surface area contributed by atoms with Gasteiger partial charge in [0.2, 0.25) is 5.91 Å². The zero-order valence-electron chi connectivity index (χ0n) is 10.7. The highest BCUT2D eigenvalue weighted by Crippen LogP contribution is 2.23. The summed E-state index contributed by atoms with van der Waals surface area (Å²) in [5, 5.41) is 5.94. The van der Waals surface area contributed by atoms with Gasteiger partial charge in [0.15, 0.2) is 0 Å². The molecule has 0 aliphatic carbocycles. The molecule has 1 heterocycles. The van der Waals surface area contributed by atoms with E-state index in [2.05, 4.69) is 20.6 Å². The summed E-state index contributed by atoms with van der Waals surface area (Å²) >= 11 is 0. The molecule has 0 saturated heterocycles. The SMILES string of the molecule is CNC(=O)C(C)Nc1cc2nc[nH]c(=O)c2cc1N. The van der Waals surface area contributed by atoms with Crippen LogP contribution in [0.1, 0.15) is 6.92 Å². The maximum atomic E-state index is 11.6. The standard InChI is InChI=1S/C12H15N5O2/c1-6(11(18)14-2)17-10-4-9-7(3-8(10)13)12(19)16-5-15-9/h3-6,17H,13H2,1-2H3,(H,14,18)(H,15,16,19). The Morgan fingerprint density at radius 3 is 2.89 bits per heavy atom. The Bertz CT molecular complexity index is 679. The van der Waals surface area contributed by atoms with Crippen LogP contribution in [0.5, 0.6) is 0 Å². The van der Waals surface area contributed by atoms with Crippen molar-refractivity contribution in [2.24, 2.45) is 0 Å². The first kappa shape index (κ1) is 12.9. The Morgan fingerprint density at radius 2 is 2.21 bits per heavy atom. The van der Waals surface area contributed by atoms with E-state index in [1.54, 1.807) is 26.1 Å². The smallest absolute Gasteiger partial charge is 0.258 e. The molecule has 19 heavy (non-hydrogen) atoms. The molecular formula is C12H15N5O2. The van der Waals surface area contributed by atoms with Gasteiger partial charge >= 0.3 is 0 Å². The fraction of sp³-hybridized carbons (Fsp3) is 0.250. The maximum Gasteiger partial charge on any atom is 0.258 e. The summed E-state index contributed by atoms with van der Waals surface area (Å²) in [6.45, 7) is 1.72. The number of nitrogens with one attached hydrogen (secondary N) is 3. The summed E-state index contributed by atoms with van der Waals surface area (Å²) in [6.07, 6.45) is 1.33. The van der Waals surface area contributed by atoms with E-state index in [1.807, 2.05) is 0 Å². The second kappa shape index (κ2) is 4.97. The summed E-state index contributed by atoms with van der Waals surface area (Å²) in [6, 6.07) is 2.76. The zero-order chi connectivity index (χ0) is 14.0. The lowest BCUT2D eigenvalue weighted by Gasteiger charge is -2.15. The highest BCUT2D eigenvalue weighted by molar-refractivity contribution is 5.90. The van der Waals surface area contributed by atoms with Gasteiger partial charge in [-0.15, -0.1) is 0 Å². The lowest BCUT2D eigenvalue weighted by molar-refractivity contribution is -0.121. The minimum atomic E-state index is -0.438. The molecule has 7 heteroatoms. The number of hydrogen-bond acceptors (Lipinski definition) is 5. The number of aromatic amines is 1. The minimum absolute atomic E-state index is 0.154. The molecular weight excluding hydrogens is 246 g/mol. The van der Waals surface area contributed by atoms with Crippen molar-refractivity contribution in [2.75, 3.05) is 18.1 Å². The van der Waals surface area contributed by atoms with Crippen molar-refractivity contribution < 1.29 is 4.79 Å². The number of carbonyl (C=O) groups excluding carboxylic acids is 1. The number of nitrogens with two attached hydrogens (primary N) is 1. The van der Waals surface area contributed by atoms with E-state index in [-0.39, 0.29) is 11.5 Å². The van der Waals surface area contributed by atoms with Crippen molar-refractivity contribution >= 4 is 28.2 Å². The highest BCUT2D eigenvalue weighted by atomic mass is 16.2. The van der Waals surface area contributed by atoms with Gasteiger partial charge < -0.3 is 21.4 Å². The Morgan fingerprint density at radius 1 is 1.47 bits per heavy atom. The molecule has 1 aromatic heterocycles. The van der Waals surface area contributed by atoms with E-state index >= 15 is 0 Å². The van der Waals surface area contributed by atoms with Crippen molar-refractivity contribution in [3.63, 3.8) is 0 Å². The summed E-state index contributed by atoms with van der Waals surface area (Å²) in [7, 11) is 1.56. The monoisotopic (exact) mass is 261 g/mol. The summed E-state index contributed by atoms with van der Waals surface area (Å²) in [5.74, 6) is -0.154. The summed E-state index contributed by atoms with van der Waals surface area (Å²) in [5.41, 5.74) is 7.10. The van der Waals surface area contributed by atoms with E-state index in [1.165, 1.54) is 6.33 Å². The van der Waals surface area contributed by atoms with Crippen LogP contribution in [0.25, 0.3) is 10.9 Å². The maximum absolute atomic E-state index is 11.6. The zero-order valence-corrected chi connectivity index (χ0v) is 10.7. The second-order valence-corrected chi connectivity index (χ2v) is 4.17. The van der Waals surface area contributed by atoms with Crippen molar-refractivity contribution in [1.29, 1.82) is 0 Å². The number of hydrogen-bond donors (Lipinski definition) is 4. The van der Waals surface area contributed by atoms with Crippen LogP contribution in [-0.4, -0.2) is 29.0 Å². The fourth-order valence-corrected chi connectivity index (χ4v) is 1.77. The van der Waals surface area contributed by atoms with Crippen molar-refractivity contribution in [3.05, 3.63) is 28.8 Å².